The van der Waals surface area contributed by atoms with Crippen LogP contribution >= 0.6 is 0 Å². The van der Waals surface area contributed by atoms with Crippen LogP contribution in [0.3, 0.4) is 0 Å². The molecule has 0 aliphatic carbocycles. The van der Waals surface area contributed by atoms with E-state index in [1.54, 1.807) is 13.0 Å². The Hall–Kier alpha value is -1.14. The number of aromatic nitrogens is 1. The van der Waals surface area contributed by atoms with E-state index >= 15 is 0 Å². The highest BCUT2D eigenvalue weighted by atomic mass is 32.2. The van der Waals surface area contributed by atoms with Crippen molar-refractivity contribution in [2.75, 3.05) is 4.72 Å². The lowest BCUT2D eigenvalue weighted by atomic mass is 10.3. The van der Waals surface area contributed by atoms with Gasteiger partial charge in [0.2, 0.25) is 0 Å². The molecule has 5 nitrogen and oxygen atoms in total. The van der Waals surface area contributed by atoms with Gasteiger partial charge in [-0.1, -0.05) is 0 Å². The van der Waals surface area contributed by atoms with Gasteiger partial charge in [0.05, 0.1) is 5.69 Å². The second-order valence-electron chi connectivity index (χ2n) is 2.33. The molecule has 0 atom stereocenters. The summed E-state index contributed by atoms with van der Waals surface area (Å²) in [6.07, 6.45) is 1.50. The van der Waals surface area contributed by atoms with Crippen molar-refractivity contribution in [3.8, 4) is 0 Å². The maximum atomic E-state index is 10.6. The molecule has 3 N–H and O–H groups in total. The van der Waals surface area contributed by atoms with Gasteiger partial charge in [-0.3, -0.25) is 9.71 Å². The van der Waals surface area contributed by atoms with E-state index in [0.717, 1.165) is 5.69 Å². The maximum absolute atomic E-state index is 10.6. The third kappa shape index (κ3) is 2.85. The zero-order valence-electron chi connectivity index (χ0n) is 6.48. The van der Waals surface area contributed by atoms with Crippen molar-refractivity contribution < 1.29 is 8.42 Å². The Bertz CT molecular complexity index is 374. The second-order valence-corrected chi connectivity index (χ2v) is 3.63. The van der Waals surface area contributed by atoms with Crippen LogP contribution in [-0.2, 0) is 10.2 Å². The number of pyridine rings is 1. The number of nitrogens with zero attached hydrogens (tertiary/aromatic N) is 1. The molecule has 0 saturated carbocycles. The van der Waals surface area contributed by atoms with Gasteiger partial charge in [0.1, 0.15) is 0 Å². The van der Waals surface area contributed by atoms with E-state index in [4.69, 9.17) is 5.14 Å². The van der Waals surface area contributed by atoms with Crippen molar-refractivity contribution in [3.05, 3.63) is 24.0 Å². The average molecular weight is 187 g/mol. The Kier molecular flexibility index (Phi) is 2.30. The predicted molar refractivity (Wildman–Crippen MR) is 45.7 cm³/mol. The van der Waals surface area contributed by atoms with Crippen molar-refractivity contribution in [1.29, 1.82) is 0 Å². The van der Waals surface area contributed by atoms with Gasteiger partial charge in [0, 0.05) is 11.9 Å². The smallest absolute Gasteiger partial charge is 0.271 e. The van der Waals surface area contributed by atoms with E-state index in [1.807, 2.05) is 0 Å². The fourth-order valence-corrected chi connectivity index (χ4v) is 1.23. The van der Waals surface area contributed by atoms with Crippen LogP contribution in [0.5, 0.6) is 0 Å². The first-order valence-electron chi connectivity index (χ1n) is 3.20. The fourth-order valence-electron chi connectivity index (χ4n) is 0.773. The summed E-state index contributed by atoms with van der Waals surface area (Å²) in [6, 6.07) is 3.11. The van der Waals surface area contributed by atoms with Crippen LogP contribution in [0.15, 0.2) is 18.3 Å². The summed E-state index contributed by atoms with van der Waals surface area (Å²) in [7, 11) is -3.67. The maximum Gasteiger partial charge on any atom is 0.296 e. The van der Waals surface area contributed by atoms with E-state index in [1.165, 1.54) is 12.3 Å². The zero-order chi connectivity index (χ0) is 9.19. The molecule has 1 aromatic rings. The van der Waals surface area contributed by atoms with Crippen LogP contribution in [0.2, 0.25) is 0 Å². The summed E-state index contributed by atoms with van der Waals surface area (Å²) in [5.74, 6) is 0. The van der Waals surface area contributed by atoms with Crippen LogP contribution in [0.4, 0.5) is 5.69 Å². The van der Waals surface area contributed by atoms with Crippen LogP contribution in [0.25, 0.3) is 0 Å². The van der Waals surface area contributed by atoms with E-state index in [9.17, 15) is 8.42 Å². The number of rotatable bonds is 2. The molecule has 0 spiro atoms. The van der Waals surface area contributed by atoms with Crippen molar-refractivity contribution in [2.45, 2.75) is 6.92 Å². The van der Waals surface area contributed by atoms with Gasteiger partial charge >= 0.3 is 0 Å². The topological polar surface area (TPSA) is 85.1 Å². The molecule has 1 heterocycles. The quantitative estimate of drug-likeness (QED) is 0.683. The highest BCUT2D eigenvalue weighted by molar-refractivity contribution is 7.90. The summed E-state index contributed by atoms with van der Waals surface area (Å²) < 4.78 is 23.2. The van der Waals surface area contributed by atoms with E-state index in [-0.39, 0.29) is 0 Å². The van der Waals surface area contributed by atoms with Crippen LogP contribution in [0.1, 0.15) is 5.69 Å². The molecule has 1 rings (SSSR count). The predicted octanol–water partition coefficient (Wildman–Crippen LogP) is 0.00542. The molecule has 0 fully saturated rings. The van der Waals surface area contributed by atoms with Gasteiger partial charge in [-0.25, -0.2) is 5.14 Å². The Balaban J connectivity index is 2.91. The summed E-state index contributed by atoms with van der Waals surface area (Å²) in [4.78, 5) is 3.89. The van der Waals surface area contributed by atoms with Gasteiger partial charge in [0.15, 0.2) is 0 Å². The zero-order valence-corrected chi connectivity index (χ0v) is 7.30. The van der Waals surface area contributed by atoms with Crippen molar-refractivity contribution in [1.82, 2.24) is 4.98 Å². The lowest BCUT2D eigenvalue weighted by Crippen LogP contribution is -2.21. The highest BCUT2D eigenvalue weighted by Crippen LogP contribution is 2.07. The lowest BCUT2D eigenvalue weighted by Gasteiger charge is -2.02. The molecule has 0 unspecified atom stereocenters. The third-order valence-electron chi connectivity index (χ3n) is 1.16. The van der Waals surface area contributed by atoms with Crippen molar-refractivity contribution in [3.63, 3.8) is 0 Å². The van der Waals surface area contributed by atoms with Gasteiger partial charge < -0.3 is 0 Å². The summed E-state index contributed by atoms with van der Waals surface area (Å²) >= 11 is 0. The molecular formula is C6H9N3O2S. The number of anilines is 1. The number of nitrogens with one attached hydrogen (secondary N) is 1. The van der Waals surface area contributed by atoms with Gasteiger partial charge in [0.25, 0.3) is 10.2 Å². The van der Waals surface area contributed by atoms with Crippen LogP contribution < -0.4 is 9.86 Å². The molecule has 0 aliphatic heterocycles. The van der Waals surface area contributed by atoms with E-state index in [0.29, 0.717) is 5.69 Å². The molecule has 12 heavy (non-hydrogen) atoms. The van der Waals surface area contributed by atoms with Crippen LogP contribution in [-0.4, -0.2) is 13.4 Å². The normalized spacial score (nSPS) is 11.2. The standard InChI is InChI=1S/C6H9N3O2S/c1-5-4-6(2-3-8-5)9-12(7,10)11/h2-4H,1H3,(H,8,9)(H2,7,10,11). The summed E-state index contributed by atoms with van der Waals surface area (Å²) in [6.45, 7) is 1.76. The van der Waals surface area contributed by atoms with Gasteiger partial charge in [-0.2, -0.15) is 8.42 Å². The average Bonchev–Trinajstić information content (AvgIpc) is 1.82. The third-order valence-corrected chi connectivity index (χ3v) is 1.68. The molecule has 0 aliphatic rings. The minimum atomic E-state index is -3.67. The Morgan fingerprint density at radius 3 is 2.75 bits per heavy atom. The molecular weight excluding hydrogens is 178 g/mol. The summed E-state index contributed by atoms with van der Waals surface area (Å²) in [5, 5.41) is 4.76. The van der Waals surface area contributed by atoms with Crippen LogP contribution in [0, 0.1) is 6.92 Å². The van der Waals surface area contributed by atoms with Crippen molar-refractivity contribution >= 4 is 15.9 Å². The first-order chi connectivity index (χ1) is 5.47. The first-order valence-corrected chi connectivity index (χ1v) is 4.75. The highest BCUT2D eigenvalue weighted by Gasteiger charge is 2.00. The lowest BCUT2D eigenvalue weighted by molar-refractivity contribution is 0.603. The number of nitrogens with two attached hydrogens (primary N) is 1. The Morgan fingerprint density at radius 1 is 1.58 bits per heavy atom. The van der Waals surface area contributed by atoms with E-state index in [2.05, 4.69) is 9.71 Å². The number of hydrogen-bond donors (Lipinski definition) is 2. The fraction of sp³-hybridized carbons (Fsp3) is 0.167. The van der Waals surface area contributed by atoms with Gasteiger partial charge in [-0.15, -0.1) is 0 Å². The molecule has 0 bridgehead atoms. The monoisotopic (exact) mass is 187 g/mol. The molecule has 0 aromatic carbocycles. The molecule has 6 heteroatoms. The summed E-state index contributed by atoms with van der Waals surface area (Å²) in [5.41, 5.74) is 1.15. The molecule has 0 radical (unpaired) electrons. The largest absolute Gasteiger partial charge is 0.296 e. The Labute approximate surface area is 70.8 Å². The molecule has 66 valence electrons. The minimum absolute atomic E-state index is 0.421. The van der Waals surface area contributed by atoms with E-state index < -0.39 is 10.2 Å². The molecule has 0 saturated heterocycles. The minimum Gasteiger partial charge on any atom is -0.271 e. The van der Waals surface area contributed by atoms with Crippen molar-refractivity contribution in [2.24, 2.45) is 5.14 Å². The molecule has 1 aromatic heterocycles. The SMILES string of the molecule is Cc1cc(NS(N)(=O)=O)ccn1. The number of hydrogen-bond acceptors (Lipinski definition) is 3. The number of aryl methyl sites for hydroxylation is 1. The Morgan fingerprint density at radius 2 is 2.25 bits per heavy atom. The van der Waals surface area contributed by atoms with Gasteiger partial charge in [-0.05, 0) is 19.1 Å². The first kappa shape index (κ1) is 8.95. The molecule has 0 amide bonds. The second kappa shape index (κ2) is 3.08.